The Kier molecular flexibility index (Phi) is 2.71. The number of halogens is 2. The molecule has 0 atom stereocenters. The standard InChI is InChI=1S/C11H11Br2N/c1-3-9-6(2)11-8(13)4-7(12)5-10(11)14-9/h4-5,14H,3H2,1-2H3. The van der Waals surface area contributed by atoms with Gasteiger partial charge in [-0.2, -0.15) is 0 Å². The van der Waals surface area contributed by atoms with Gasteiger partial charge >= 0.3 is 0 Å². The minimum Gasteiger partial charge on any atom is -0.358 e. The Morgan fingerprint density at radius 1 is 1.29 bits per heavy atom. The van der Waals surface area contributed by atoms with Gasteiger partial charge in [-0.25, -0.2) is 0 Å². The third-order valence-electron chi connectivity index (χ3n) is 2.52. The Labute approximate surface area is 100 Å². The molecule has 14 heavy (non-hydrogen) atoms. The van der Waals surface area contributed by atoms with Crippen LogP contribution >= 0.6 is 31.9 Å². The summed E-state index contributed by atoms with van der Waals surface area (Å²) in [6.45, 7) is 4.33. The van der Waals surface area contributed by atoms with Crippen molar-refractivity contribution in [3.05, 3.63) is 32.3 Å². The highest BCUT2D eigenvalue weighted by atomic mass is 79.9. The van der Waals surface area contributed by atoms with Gasteiger partial charge in [0.15, 0.2) is 0 Å². The van der Waals surface area contributed by atoms with Crippen LogP contribution in [0.1, 0.15) is 18.2 Å². The van der Waals surface area contributed by atoms with Crippen LogP contribution in [0.15, 0.2) is 21.1 Å². The normalized spacial score (nSPS) is 11.1. The van der Waals surface area contributed by atoms with Gasteiger partial charge in [0, 0.05) is 25.5 Å². The number of aryl methyl sites for hydroxylation is 2. The molecular formula is C11H11Br2N. The third kappa shape index (κ3) is 1.52. The van der Waals surface area contributed by atoms with Crippen molar-refractivity contribution in [1.29, 1.82) is 0 Å². The Balaban J connectivity index is 2.85. The predicted octanol–water partition coefficient (Wildman–Crippen LogP) is 4.56. The van der Waals surface area contributed by atoms with E-state index in [9.17, 15) is 0 Å². The molecule has 0 bridgehead atoms. The lowest BCUT2D eigenvalue weighted by Gasteiger charge is -1.97. The van der Waals surface area contributed by atoms with Crippen molar-refractivity contribution in [2.45, 2.75) is 20.3 Å². The highest BCUT2D eigenvalue weighted by Crippen LogP contribution is 2.32. The van der Waals surface area contributed by atoms with Crippen LogP contribution in [0.3, 0.4) is 0 Å². The molecular weight excluding hydrogens is 306 g/mol. The molecule has 2 rings (SSSR count). The molecule has 0 aliphatic carbocycles. The molecule has 1 nitrogen and oxygen atoms in total. The average Bonchev–Trinajstić information content (AvgIpc) is 2.42. The van der Waals surface area contributed by atoms with Gasteiger partial charge in [-0.15, -0.1) is 0 Å². The van der Waals surface area contributed by atoms with E-state index in [-0.39, 0.29) is 0 Å². The number of aromatic amines is 1. The maximum Gasteiger partial charge on any atom is 0.0481 e. The van der Waals surface area contributed by atoms with E-state index in [0.29, 0.717) is 0 Å². The first-order chi connectivity index (χ1) is 6.63. The lowest BCUT2D eigenvalue weighted by atomic mass is 10.1. The molecule has 0 radical (unpaired) electrons. The van der Waals surface area contributed by atoms with Crippen molar-refractivity contribution in [2.24, 2.45) is 0 Å². The van der Waals surface area contributed by atoms with Crippen LogP contribution in [-0.4, -0.2) is 4.98 Å². The Morgan fingerprint density at radius 2 is 2.00 bits per heavy atom. The van der Waals surface area contributed by atoms with Crippen molar-refractivity contribution >= 4 is 42.8 Å². The van der Waals surface area contributed by atoms with E-state index in [2.05, 4.69) is 62.8 Å². The van der Waals surface area contributed by atoms with Gasteiger partial charge in [0.05, 0.1) is 0 Å². The maximum atomic E-state index is 3.59. The second-order valence-electron chi connectivity index (χ2n) is 3.39. The summed E-state index contributed by atoms with van der Waals surface area (Å²) >= 11 is 7.08. The molecule has 0 unspecified atom stereocenters. The summed E-state index contributed by atoms with van der Waals surface area (Å²) in [5.41, 5.74) is 3.86. The predicted molar refractivity (Wildman–Crippen MR) is 67.8 cm³/mol. The van der Waals surface area contributed by atoms with Crippen LogP contribution in [0.2, 0.25) is 0 Å². The van der Waals surface area contributed by atoms with E-state index in [1.165, 1.54) is 22.2 Å². The van der Waals surface area contributed by atoms with Gasteiger partial charge < -0.3 is 4.98 Å². The van der Waals surface area contributed by atoms with E-state index in [0.717, 1.165) is 15.4 Å². The van der Waals surface area contributed by atoms with E-state index in [4.69, 9.17) is 0 Å². The molecule has 0 aliphatic rings. The largest absolute Gasteiger partial charge is 0.358 e. The van der Waals surface area contributed by atoms with Crippen LogP contribution in [0, 0.1) is 6.92 Å². The quantitative estimate of drug-likeness (QED) is 0.793. The fraction of sp³-hybridized carbons (Fsp3) is 0.273. The summed E-state index contributed by atoms with van der Waals surface area (Å²) < 4.78 is 2.25. The van der Waals surface area contributed by atoms with E-state index in [1.807, 2.05) is 0 Å². The van der Waals surface area contributed by atoms with Crippen molar-refractivity contribution in [3.8, 4) is 0 Å². The molecule has 0 amide bonds. The molecule has 0 saturated heterocycles. The number of rotatable bonds is 1. The average molecular weight is 317 g/mol. The first kappa shape index (κ1) is 10.2. The summed E-state index contributed by atoms with van der Waals surface area (Å²) in [7, 11) is 0. The van der Waals surface area contributed by atoms with Gasteiger partial charge in [0.25, 0.3) is 0 Å². The monoisotopic (exact) mass is 315 g/mol. The zero-order valence-electron chi connectivity index (χ0n) is 8.12. The highest BCUT2D eigenvalue weighted by Gasteiger charge is 2.09. The Bertz CT molecular complexity index is 485. The van der Waals surface area contributed by atoms with Gasteiger partial charge in [-0.3, -0.25) is 0 Å². The van der Waals surface area contributed by atoms with Crippen LogP contribution in [0.4, 0.5) is 0 Å². The van der Waals surface area contributed by atoms with E-state index in [1.54, 1.807) is 0 Å². The summed E-state index contributed by atoms with van der Waals surface area (Å²) in [6, 6.07) is 4.20. The summed E-state index contributed by atoms with van der Waals surface area (Å²) in [5.74, 6) is 0. The van der Waals surface area contributed by atoms with Crippen LogP contribution in [0.25, 0.3) is 10.9 Å². The molecule has 2 aromatic rings. The SMILES string of the molecule is CCc1[nH]c2cc(Br)cc(Br)c2c1C. The molecule has 3 heteroatoms. The fourth-order valence-corrected chi connectivity index (χ4v) is 3.34. The smallest absolute Gasteiger partial charge is 0.0481 e. The lowest BCUT2D eigenvalue weighted by Crippen LogP contribution is -1.81. The Morgan fingerprint density at radius 3 is 2.64 bits per heavy atom. The van der Waals surface area contributed by atoms with Gasteiger partial charge in [-0.1, -0.05) is 38.8 Å². The minimum atomic E-state index is 1.05. The number of fused-ring (bicyclic) bond motifs is 1. The molecule has 1 N–H and O–H groups in total. The van der Waals surface area contributed by atoms with Crippen LogP contribution in [0.5, 0.6) is 0 Å². The number of nitrogens with one attached hydrogen (secondary N) is 1. The van der Waals surface area contributed by atoms with Crippen LogP contribution < -0.4 is 0 Å². The Hall–Kier alpha value is -0.280. The molecule has 0 spiro atoms. The molecule has 0 saturated carbocycles. The second kappa shape index (κ2) is 3.70. The highest BCUT2D eigenvalue weighted by molar-refractivity contribution is 9.11. The van der Waals surface area contributed by atoms with Crippen molar-refractivity contribution in [2.75, 3.05) is 0 Å². The van der Waals surface area contributed by atoms with Crippen molar-refractivity contribution in [3.63, 3.8) is 0 Å². The molecule has 0 aliphatic heterocycles. The molecule has 1 aromatic carbocycles. The number of hydrogen-bond donors (Lipinski definition) is 1. The maximum absolute atomic E-state index is 3.59. The molecule has 0 fully saturated rings. The summed E-state index contributed by atoms with van der Waals surface area (Å²) in [4.78, 5) is 3.44. The fourth-order valence-electron chi connectivity index (χ4n) is 1.81. The summed E-state index contributed by atoms with van der Waals surface area (Å²) in [6.07, 6.45) is 1.05. The van der Waals surface area contributed by atoms with Gasteiger partial charge in [-0.05, 0) is 31.0 Å². The molecule has 74 valence electrons. The first-order valence-corrected chi connectivity index (χ1v) is 6.18. The summed E-state index contributed by atoms with van der Waals surface area (Å²) in [5, 5.41) is 1.30. The number of hydrogen-bond acceptors (Lipinski definition) is 0. The molecule has 1 aromatic heterocycles. The van der Waals surface area contributed by atoms with Gasteiger partial charge in [0.1, 0.15) is 0 Å². The first-order valence-electron chi connectivity index (χ1n) is 4.59. The topological polar surface area (TPSA) is 15.8 Å². The number of benzene rings is 1. The number of aromatic nitrogens is 1. The second-order valence-corrected chi connectivity index (χ2v) is 5.16. The van der Waals surface area contributed by atoms with Gasteiger partial charge in [0.2, 0.25) is 0 Å². The third-order valence-corrected chi connectivity index (χ3v) is 3.61. The van der Waals surface area contributed by atoms with Crippen LogP contribution in [-0.2, 0) is 6.42 Å². The molecule has 1 heterocycles. The zero-order valence-corrected chi connectivity index (χ0v) is 11.3. The lowest BCUT2D eigenvalue weighted by molar-refractivity contribution is 1.05. The zero-order chi connectivity index (χ0) is 10.3. The van der Waals surface area contributed by atoms with Crippen molar-refractivity contribution in [1.82, 2.24) is 4.98 Å². The van der Waals surface area contributed by atoms with E-state index >= 15 is 0 Å². The number of H-pyrrole nitrogens is 1. The van der Waals surface area contributed by atoms with E-state index < -0.39 is 0 Å². The van der Waals surface area contributed by atoms with Crippen molar-refractivity contribution < 1.29 is 0 Å². The minimum absolute atomic E-state index is 1.05.